The number of anilines is 2. The van der Waals surface area contributed by atoms with Crippen molar-refractivity contribution in [1.82, 2.24) is 14.9 Å². The van der Waals surface area contributed by atoms with Crippen molar-refractivity contribution in [2.75, 3.05) is 24.2 Å². The number of rotatable bonds is 8. The number of nitrogens with one attached hydrogen (secondary N) is 2. The third-order valence-electron chi connectivity index (χ3n) is 6.57. The van der Waals surface area contributed by atoms with Crippen LogP contribution in [0.1, 0.15) is 37.9 Å². The van der Waals surface area contributed by atoms with E-state index in [2.05, 4.69) is 32.3 Å². The molecular weight excluding hydrogens is 438 g/mol. The fourth-order valence-electron chi connectivity index (χ4n) is 4.63. The van der Waals surface area contributed by atoms with Crippen LogP contribution in [0.25, 0.3) is 22.2 Å². The van der Waals surface area contributed by atoms with Gasteiger partial charge in [-0.2, -0.15) is 0 Å². The molecule has 1 aliphatic rings. The van der Waals surface area contributed by atoms with E-state index < -0.39 is 0 Å². The Morgan fingerprint density at radius 3 is 2.66 bits per heavy atom. The first-order chi connectivity index (χ1) is 17.1. The summed E-state index contributed by atoms with van der Waals surface area (Å²) in [6.45, 7) is 3.14. The monoisotopic (exact) mass is 469 g/mol. The lowest BCUT2D eigenvalue weighted by Gasteiger charge is -2.30. The highest BCUT2D eigenvalue weighted by molar-refractivity contribution is 6.02. The average Bonchev–Trinajstić information content (AvgIpc) is 3.11. The number of fused-ring (bicyclic) bond motifs is 1. The summed E-state index contributed by atoms with van der Waals surface area (Å²) in [7, 11) is 0. The maximum absolute atomic E-state index is 12.3. The highest BCUT2D eigenvalue weighted by Gasteiger charge is 2.27. The molecule has 35 heavy (non-hydrogen) atoms. The first-order valence-corrected chi connectivity index (χ1v) is 12.3. The van der Waals surface area contributed by atoms with E-state index in [0.717, 1.165) is 57.8 Å². The van der Waals surface area contributed by atoms with Crippen LogP contribution >= 0.6 is 0 Å². The second kappa shape index (κ2) is 10.1. The number of carbonyl (C=O) groups excluding carboxylic acids is 1. The van der Waals surface area contributed by atoms with E-state index in [4.69, 9.17) is 10.5 Å². The summed E-state index contributed by atoms with van der Waals surface area (Å²) in [5.74, 6) is 0.859. The van der Waals surface area contributed by atoms with Crippen LogP contribution in [0.4, 0.5) is 16.2 Å². The fraction of sp³-hybridized carbons (Fsp3) is 0.286. The Bertz CT molecular complexity index is 1310. The van der Waals surface area contributed by atoms with E-state index in [1.54, 1.807) is 6.20 Å². The quantitative estimate of drug-likeness (QED) is 0.305. The van der Waals surface area contributed by atoms with E-state index in [1.165, 1.54) is 6.42 Å². The van der Waals surface area contributed by atoms with Crippen LogP contribution in [0.5, 0.6) is 5.75 Å². The Balaban J connectivity index is 1.34. The van der Waals surface area contributed by atoms with Crippen molar-refractivity contribution in [2.24, 2.45) is 0 Å². The summed E-state index contributed by atoms with van der Waals surface area (Å²) in [4.78, 5) is 16.6. The Hall–Kier alpha value is -4.00. The SMILES string of the molecule is CCOc1ccc2c(N)c(-c3ccc(NC(=O)NCCc4ccccn4)cc3)n(C3CCC3)c2c1. The van der Waals surface area contributed by atoms with E-state index in [1.807, 2.05) is 55.5 Å². The number of aromatic nitrogens is 2. The van der Waals surface area contributed by atoms with Crippen LogP contribution in [0, 0.1) is 0 Å². The number of benzene rings is 2. The Kier molecular flexibility index (Phi) is 6.57. The molecule has 0 bridgehead atoms. The predicted molar refractivity (Wildman–Crippen MR) is 141 cm³/mol. The van der Waals surface area contributed by atoms with E-state index in [0.29, 0.717) is 25.6 Å². The van der Waals surface area contributed by atoms with Gasteiger partial charge in [0, 0.05) is 53.6 Å². The number of pyridine rings is 1. The van der Waals surface area contributed by atoms with Crippen molar-refractivity contribution >= 4 is 28.3 Å². The largest absolute Gasteiger partial charge is 0.494 e. The predicted octanol–water partition coefficient (Wildman–Crippen LogP) is 5.77. The maximum Gasteiger partial charge on any atom is 0.319 e. The summed E-state index contributed by atoms with van der Waals surface area (Å²) in [6, 6.07) is 20.0. The summed E-state index contributed by atoms with van der Waals surface area (Å²) in [6.07, 6.45) is 5.96. The number of ether oxygens (including phenoxy) is 1. The molecule has 1 fully saturated rings. The third kappa shape index (κ3) is 4.80. The lowest BCUT2D eigenvalue weighted by molar-refractivity contribution is 0.252. The number of urea groups is 1. The van der Waals surface area contributed by atoms with Gasteiger partial charge in [0.15, 0.2) is 0 Å². The number of amides is 2. The van der Waals surface area contributed by atoms with Gasteiger partial charge in [-0.1, -0.05) is 18.2 Å². The second-order valence-corrected chi connectivity index (χ2v) is 8.86. The average molecular weight is 470 g/mol. The van der Waals surface area contributed by atoms with Gasteiger partial charge in [-0.3, -0.25) is 4.98 Å². The normalized spacial score (nSPS) is 13.4. The van der Waals surface area contributed by atoms with E-state index in [-0.39, 0.29) is 6.03 Å². The van der Waals surface area contributed by atoms with Gasteiger partial charge in [0.1, 0.15) is 5.75 Å². The molecule has 0 saturated heterocycles. The van der Waals surface area contributed by atoms with E-state index in [9.17, 15) is 4.79 Å². The molecule has 180 valence electrons. The van der Waals surface area contributed by atoms with Crippen molar-refractivity contribution in [3.8, 4) is 17.0 Å². The van der Waals surface area contributed by atoms with Gasteiger partial charge in [0.25, 0.3) is 0 Å². The highest BCUT2D eigenvalue weighted by atomic mass is 16.5. The molecule has 0 radical (unpaired) electrons. The maximum atomic E-state index is 12.3. The molecule has 1 aliphatic carbocycles. The minimum Gasteiger partial charge on any atom is -0.494 e. The number of nitrogens with two attached hydrogens (primary N) is 1. The summed E-state index contributed by atoms with van der Waals surface area (Å²) >= 11 is 0. The lowest BCUT2D eigenvalue weighted by atomic mass is 9.92. The minimum absolute atomic E-state index is 0.236. The molecule has 0 atom stereocenters. The van der Waals surface area contributed by atoms with Crippen molar-refractivity contribution in [2.45, 2.75) is 38.6 Å². The number of hydrogen-bond acceptors (Lipinski definition) is 4. The number of hydrogen-bond donors (Lipinski definition) is 3. The molecule has 1 saturated carbocycles. The summed E-state index contributed by atoms with van der Waals surface area (Å²) in [5, 5.41) is 6.83. The van der Waals surface area contributed by atoms with Crippen LogP contribution < -0.4 is 21.1 Å². The van der Waals surface area contributed by atoms with Crippen molar-refractivity contribution in [3.05, 3.63) is 72.6 Å². The molecule has 0 aliphatic heterocycles. The van der Waals surface area contributed by atoms with Crippen molar-refractivity contribution in [1.29, 1.82) is 0 Å². The van der Waals surface area contributed by atoms with Gasteiger partial charge in [0.05, 0.1) is 23.5 Å². The first-order valence-electron chi connectivity index (χ1n) is 12.3. The molecule has 2 aromatic carbocycles. The molecule has 4 N–H and O–H groups in total. The van der Waals surface area contributed by atoms with Crippen molar-refractivity contribution in [3.63, 3.8) is 0 Å². The van der Waals surface area contributed by atoms with Gasteiger partial charge >= 0.3 is 6.03 Å². The fourth-order valence-corrected chi connectivity index (χ4v) is 4.63. The molecule has 4 aromatic rings. The summed E-state index contributed by atoms with van der Waals surface area (Å²) < 4.78 is 8.14. The second-order valence-electron chi connectivity index (χ2n) is 8.86. The third-order valence-corrected chi connectivity index (χ3v) is 6.57. The zero-order valence-electron chi connectivity index (χ0n) is 20.0. The molecule has 2 amide bonds. The highest BCUT2D eigenvalue weighted by Crippen LogP contribution is 2.44. The topological polar surface area (TPSA) is 94.2 Å². The molecular formula is C28H31N5O2. The molecule has 5 rings (SSSR count). The number of nitrogen functional groups attached to an aromatic ring is 1. The Labute approximate surface area is 205 Å². The zero-order valence-corrected chi connectivity index (χ0v) is 20.0. The van der Waals surface area contributed by atoms with Gasteiger partial charge in [0.2, 0.25) is 0 Å². The molecule has 2 heterocycles. The van der Waals surface area contributed by atoms with Crippen LogP contribution in [-0.2, 0) is 6.42 Å². The number of nitrogens with zero attached hydrogens (tertiary/aromatic N) is 2. The molecule has 0 spiro atoms. The first kappa shape index (κ1) is 22.8. The van der Waals surface area contributed by atoms with Crippen LogP contribution in [-0.4, -0.2) is 28.7 Å². The standard InChI is InChI=1S/C28H31N5O2/c1-2-35-23-13-14-24-25(18-23)33(22-7-5-8-22)27(26(24)29)19-9-11-21(12-10-19)32-28(34)31-17-15-20-6-3-4-16-30-20/h3-4,6,9-14,16,18,22H,2,5,7-8,15,17,29H2,1H3,(H2,31,32,34). The Morgan fingerprint density at radius 1 is 1.14 bits per heavy atom. The van der Waals surface area contributed by atoms with Gasteiger partial charge < -0.3 is 25.7 Å². The van der Waals surface area contributed by atoms with Gasteiger partial charge in [-0.15, -0.1) is 0 Å². The molecule has 0 unspecified atom stereocenters. The minimum atomic E-state index is -0.236. The number of carbonyl (C=O) groups is 1. The van der Waals surface area contributed by atoms with Crippen LogP contribution in [0.15, 0.2) is 66.9 Å². The lowest BCUT2D eigenvalue weighted by Crippen LogP contribution is -2.30. The van der Waals surface area contributed by atoms with Crippen molar-refractivity contribution < 1.29 is 9.53 Å². The van der Waals surface area contributed by atoms with E-state index >= 15 is 0 Å². The zero-order chi connectivity index (χ0) is 24.2. The summed E-state index contributed by atoms with van der Waals surface area (Å²) in [5.41, 5.74) is 12.3. The van der Waals surface area contributed by atoms with Gasteiger partial charge in [-0.25, -0.2) is 4.79 Å². The molecule has 2 aromatic heterocycles. The Morgan fingerprint density at radius 2 is 1.97 bits per heavy atom. The smallest absolute Gasteiger partial charge is 0.319 e. The molecule has 7 nitrogen and oxygen atoms in total. The molecule has 7 heteroatoms. The van der Waals surface area contributed by atoms with Crippen LogP contribution in [0.2, 0.25) is 0 Å². The van der Waals surface area contributed by atoms with Crippen LogP contribution in [0.3, 0.4) is 0 Å². The van der Waals surface area contributed by atoms with Gasteiger partial charge in [-0.05, 0) is 62.6 Å².